The molecule has 1 saturated carbocycles. The molecule has 14 heavy (non-hydrogen) atoms. The van der Waals surface area contributed by atoms with Crippen LogP contribution in [0.15, 0.2) is 0 Å². The molecule has 0 heterocycles. The van der Waals surface area contributed by atoms with Gasteiger partial charge in [-0.2, -0.15) is 0 Å². The van der Waals surface area contributed by atoms with Gasteiger partial charge in [0.1, 0.15) is 0 Å². The zero-order valence-electron chi connectivity index (χ0n) is 10.8. The van der Waals surface area contributed by atoms with E-state index in [-0.39, 0.29) is 5.54 Å². The van der Waals surface area contributed by atoms with Gasteiger partial charge >= 0.3 is 0 Å². The first-order chi connectivity index (χ1) is 6.12. The summed E-state index contributed by atoms with van der Waals surface area (Å²) in [5.74, 6) is 0.699. The van der Waals surface area contributed by atoms with Crippen LogP contribution in [-0.2, 0) is 0 Å². The van der Waals surface area contributed by atoms with Gasteiger partial charge in [-0.3, -0.25) is 0 Å². The lowest BCUT2D eigenvalue weighted by molar-refractivity contribution is 0.0946. The molecular weight excluding hydrogens is 170 g/mol. The Morgan fingerprint density at radius 2 is 1.57 bits per heavy atom. The van der Waals surface area contributed by atoms with E-state index in [1.165, 1.54) is 12.8 Å². The predicted octanol–water partition coefficient (Wildman–Crippen LogP) is 3.58. The molecule has 0 aromatic heterocycles. The largest absolute Gasteiger partial charge is 0.325 e. The van der Waals surface area contributed by atoms with Crippen molar-refractivity contribution in [3.63, 3.8) is 0 Å². The fourth-order valence-electron chi connectivity index (χ4n) is 3.35. The van der Waals surface area contributed by atoms with Crippen LogP contribution in [0.25, 0.3) is 0 Å². The summed E-state index contributed by atoms with van der Waals surface area (Å²) in [5, 5.41) is 0. The maximum atomic E-state index is 6.54. The van der Waals surface area contributed by atoms with Gasteiger partial charge in [0.2, 0.25) is 0 Å². The van der Waals surface area contributed by atoms with E-state index in [9.17, 15) is 0 Å². The summed E-state index contributed by atoms with van der Waals surface area (Å²) >= 11 is 0. The van der Waals surface area contributed by atoms with Gasteiger partial charge in [-0.1, -0.05) is 34.6 Å². The van der Waals surface area contributed by atoms with Crippen LogP contribution in [0, 0.1) is 16.7 Å². The Balaban J connectivity index is 2.82. The lowest BCUT2D eigenvalue weighted by Gasteiger charge is -2.44. The minimum absolute atomic E-state index is 0.0133. The summed E-state index contributed by atoms with van der Waals surface area (Å²) in [6, 6.07) is 0. The Morgan fingerprint density at radius 1 is 1.14 bits per heavy atom. The Hall–Kier alpha value is -0.0400. The van der Waals surface area contributed by atoms with Crippen molar-refractivity contribution >= 4 is 0 Å². The second kappa shape index (κ2) is 3.23. The van der Waals surface area contributed by atoms with Crippen LogP contribution >= 0.6 is 0 Å². The second-order valence-electron chi connectivity index (χ2n) is 6.85. The number of nitrogens with two attached hydrogens (primary N) is 1. The molecule has 1 heteroatoms. The smallest absolute Gasteiger partial charge is 0.0190 e. The molecular formula is C13H27N. The third kappa shape index (κ3) is 1.84. The SMILES string of the molecule is CC(C)CC(C)(N)C1(C(C)(C)C)CC1. The maximum absolute atomic E-state index is 6.54. The van der Waals surface area contributed by atoms with Crippen LogP contribution in [0.4, 0.5) is 0 Å². The summed E-state index contributed by atoms with van der Waals surface area (Å²) in [4.78, 5) is 0. The second-order valence-corrected chi connectivity index (χ2v) is 6.85. The minimum atomic E-state index is 0.0133. The maximum Gasteiger partial charge on any atom is 0.0190 e. The molecule has 1 fully saturated rings. The summed E-state index contributed by atoms with van der Waals surface area (Å²) in [5.41, 5.74) is 7.30. The van der Waals surface area contributed by atoms with E-state index in [1.54, 1.807) is 0 Å². The Bertz CT molecular complexity index is 204. The molecule has 84 valence electrons. The van der Waals surface area contributed by atoms with Gasteiger partial charge in [-0.25, -0.2) is 0 Å². The first-order valence-corrected chi connectivity index (χ1v) is 5.91. The van der Waals surface area contributed by atoms with Crippen LogP contribution in [-0.4, -0.2) is 5.54 Å². The van der Waals surface area contributed by atoms with Crippen LogP contribution in [0.2, 0.25) is 0 Å². The highest BCUT2D eigenvalue weighted by Crippen LogP contribution is 2.64. The lowest BCUT2D eigenvalue weighted by atomic mass is 9.64. The highest BCUT2D eigenvalue weighted by Gasteiger charge is 2.60. The van der Waals surface area contributed by atoms with E-state index in [0.717, 1.165) is 6.42 Å². The molecule has 1 nitrogen and oxygen atoms in total. The van der Waals surface area contributed by atoms with Crippen molar-refractivity contribution in [1.82, 2.24) is 0 Å². The molecule has 1 aliphatic rings. The first-order valence-electron chi connectivity index (χ1n) is 5.91. The Labute approximate surface area is 89.5 Å². The van der Waals surface area contributed by atoms with Crippen LogP contribution < -0.4 is 5.73 Å². The average Bonchev–Trinajstić information content (AvgIpc) is 2.56. The Morgan fingerprint density at radius 3 is 1.79 bits per heavy atom. The third-order valence-corrected chi connectivity index (χ3v) is 4.11. The lowest BCUT2D eigenvalue weighted by Crippen LogP contribution is -2.52. The van der Waals surface area contributed by atoms with Gasteiger partial charge in [0.15, 0.2) is 0 Å². The molecule has 1 unspecified atom stereocenters. The van der Waals surface area contributed by atoms with E-state index >= 15 is 0 Å². The first kappa shape index (κ1) is 12.0. The highest BCUT2D eigenvalue weighted by atomic mass is 14.8. The van der Waals surface area contributed by atoms with Gasteiger partial charge in [0.05, 0.1) is 0 Å². The van der Waals surface area contributed by atoms with Gasteiger partial charge in [0.25, 0.3) is 0 Å². The minimum Gasteiger partial charge on any atom is -0.325 e. The van der Waals surface area contributed by atoms with Gasteiger partial charge in [-0.05, 0) is 42.9 Å². The molecule has 2 N–H and O–H groups in total. The molecule has 0 amide bonds. The molecule has 0 aromatic rings. The molecule has 1 rings (SSSR count). The average molecular weight is 197 g/mol. The summed E-state index contributed by atoms with van der Waals surface area (Å²) < 4.78 is 0. The summed E-state index contributed by atoms with van der Waals surface area (Å²) in [6.45, 7) is 13.8. The normalized spacial score (nSPS) is 24.9. The Kier molecular flexibility index (Phi) is 2.78. The molecule has 0 aromatic carbocycles. The fourth-order valence-corrected chi connectivity index (χ4v) is 3.35. The number of hydrogen-bond donors (Lipinski definition) is 1. The van der Waals surface area contributed by atoms with E-state index in [2.05, 4.69) is 41.5 Å². The predicted molar refractivity (Wildman–Crippen MR) is 63.2 cm³/mol. The van der Waals surface area contributed by atoms with E-state index in [0.29, 0.717) is 16.7 Å². The summed E-state index contributed by atoms with van der Waals surface area (Å²) in [7, 11) is 0. The standard InChI is InChI=1S/C13H27N/c1-10(2)9-12(6,14)13(7-8-13)11(3,4)5/h10H,7-9,14H2,1-6H3. The molecule has 0 bridgehead atoms. The van der Waals surface area contributed by atoms with Crippen LogP contribution in [0.3, 0.4) is 0 Å². The van der Waals surface area contributed by atoms with Crippen molar-refractivity contribution in [1.29, 1.82) is 0 Å². The highest BCUT2D eigenvalue weighted by molar-refractivity contribution is 5.14. The zero-order valence-corrected chi connectivity index (χ0v) is 10.8. The monoisotopic (exact) mass is 197 g/mol. The number of rotatable bonds is 3. The molecule has 0 saturated heterocycles. The molecule has 0 aliphatic heterocycles. The van der Waals surface area contributed by atoms with Crippen molar-refractivity contribution in [3.05, 3.63) is 0 Å². The van der Waals surface area contributed by atoms with Crippen molar-refractivity contribution in [2.45, 2.75) is 66.3 Å². The third-order valence-electron chi connectivity index (χ3n) is 4.11. The zero-order chi connectivity index (χ0) is 11.2. The molecule has 1 atom stereocenters. The molecule has 0 spiro atoms. The van der Waals surface area contributed by atoms with Gasteiger partial charge in [0, 0.05) is 5.54 Å². The topological polar surface area (TPSA) is 26.0 Å². The van der Waals surface area contributed by atoms with E-state index < -0.39 is 0 Å². The van der Waals surface area contributed by atoms with Crippen molar-refractivity contribution < 1.29 is 0 Å². The van der Waals surface area contributed by atoms with Crippen LogP contribution in [0.1, 0.15) is 60.8 Å². The van der Waals surface area contributed by atoms with Gasteiger partial charge in [-0.15, -0.1) is 0 Å². The molecule has 1 aliphatic carbocycles. The summed E-state index contributed by atoms with van der Waals surface area (Å²) in [6.07, 6.45) is 3.77. The van der Waals surface area contributed by atoms with E-state index in [1.807, 2.05) is 0 Å². The van der Waals surface area contributed by atoms with E-state index in [4.69, 9.17) is 5.73 Å². The van der Waals surface area contributed by atoms with Crippen molar-refractivity contribution in [2.24, 2.45) is 22.5 Å². The fraction of sp³-hybridized carbons (Fsp3) is 1.00. The molecule has 0 radical (unpaired) electrons. The number of hydrogen-bond acceptors (Lipinski definition) is 1. The van der Waals surface area contributed by atoms with Crippen molar-refractivity contribution in [3.8, 4) is 0 Å². The van der Waals surface area contributed by atoms with Crippen molar-refractivity contribution in [2.75, 3.05) is 0 Å². The van der Waals surface area contributed by atoms with Gasteiger partial charge < -0.3 is 5.73 Å². The quantitative estimate of drug-likeness (QED) is 0.735. The van der Waals surface area contributed by atoms with Crippen LogP contribution in [0.5, 0.6) is 0 Å².